The first-order chi connectivity index (χ1) is 13.3. The van der Waals surface area contributed by atoms with Crippen LogP contribution in [0.1, 0.15) is 32.1 Å². The Morgan fingerprint density at radius 3 is 2.78 bits per heavy atom. The van der Waals surface area contributed by atoms with E-state index < -0.39 is 0 Å². The molecule has 0 aliphatic carbocycles. The quantitative estimate of drug-likeness (QED) is 0.529. The van der Waals surface area contributed by atoms with Crippen molar-refractivity contribution in [3.05, 3.63) is 23.6 Å². The number of ether oxygens (including phenoxy) is 3. The largest absolute Gasteiger partial charge is 0.493 e. The standard InChI is InChI=1S/C20H26ClN3O3/c21-20-19-17(22-14-23-20)12-16(26-9-3-8-24-6-1-2-7-24)13-18(19)27-15-4-10-25-11-5-15/h12-15H,1-11H2. The first kappa shape index (κ1) is 18.7. The summed E-state index contributed by atoms with van der Waals surface area (Å²) < 4.78 is 17.7. The summed E-state index contributed by atoms with van der Waals surface area (Å²) in [5.74, 6) is 1.46. The molecule has 0 spiro atoms. The van der Waals surface area contributed by atoms with Gasteiger partial charge >= 0.3 is 0 Å². The summed E-state index contributed by atoms with van der Waals surface area (Å²) in [4.78, 5) is 11.0. The first-order valence-corrected chi connectivity index (χ1v) is 10.2. The summed E-state index contributed by atoms with van der Waals surface area (Å²) in [7, 11) is 0. The van der Waals surface area contributed by atoms with Gasteiger partial charge in [0.1, 0.15) is 29.1 Å². The summed E-state index contributed by atoms with van der Waals surface area (Å²) in [5.41, 5.74) is 0.745. The Morgan fingerprint density at radius 2 is 1.96 bits per heavy atom. The highest BCUT2D eigenvalue weighted by molar-refractivity contribution is 6.34. The third kappa shape index (κ3) is 4.81. The first-order valence-electron chi connectivity index (χ1n) is 9.83. The van der Waals surface area contributed by atoms with Crippen LogP contribution in [0.3, 0.4) is 0 Å². The van der Waals surface area contributed by atoms with Crippen LogP contribution in [0.5, 0.6) is 11.5 Å². The van der Waals surface area contributed by atoms with E-state index in [1.807, 2.05) is 12.1 Å². The zero-order valence-electron chi connectivity index (χ0n) is 15.5. The highest BCUT2D eigenvalue weighted by atomic mass is 35.5. The lowest BCUT2D eigenvalue weighted by Crippen LogP contribution is -2.26. The summed E-state index contributed by atoms with van der Waals surface area (Å²) in [5, 5.41) is 1.15. The van der Waals surface area contributed by atoms with Gasteiger partial charge in [-0.1, -0.05) is 11.6 Å². The van der Waals surface area contributed by atoms with E-state index in [1.54, 1.807) is 0 Å². The van der Waals surface area contributed by atoms with Crippen molar-refractivity contribution in [2.24, 2.45) is 0 Å². The topological polar surface area (TPSA) is 56.7 Å². The molecule has 3 heterocycles. The molecular formula is C20H26ClN3O3. The van der Waals surface area contributed by atoms with E-state index in [0.29, 0.717) is 17.5 Å². The molecule has 27 heavy (non-hydrogen) atoms. The van der Waals surface area contributed by atoms with Crippen molar-refractivity contribution < 1.29 is 14.2 Å². The van der Waals surface area contributed by atoms with Gasteiger partial charge in [-0.25, -0.2) is 9.97 Å². The van der Waals surface area contributed by atoms with Gasteiger partial charge in [-0.15, -0.1) is 0 Å². The summed E-state index contributed by atoms with van der Waals surface area (Å²) in [6.45, 7) is 5.65. The van der Waals surface area contributed by atoms with Crippen molar-refractivity contribution >= 4 is 22.5 Å². The van der Waals surface area contributed by atoms with Gasteiger partial charge in [0, 0.05) is 31.5 Å². The molecule has 0 saturated carbocycles. The van der Waals surface area contributed by atoms with Gasteiger partial charge < -0.3 is 19.1 Å². The molecule has 0 atom stereocenters. The van der Waals surface area contributed by atoms with E-state index in [4.69, 9.17) is 25.8 Å². The number of hydrogen-bond donors (Lipinski definition) is 0. The number of likely N-dealkylation sites (tertiary alicyclic amines) is 1. The van der Waals surface area contributed by atoms with E-state index >= 15 is 0 Å². The van der Waals surface area contributed by atoms with E-state index in [0.717, 1.165) is 55.7 Å². The zero-order valence-corrected chi connectivity index (χ0v) is 16.3. The lowest BCUT2D eigenvalue weighted by atomic mass is 10.1. The average Bonchev–Trinajstić information content (AvgIpc) is 3.19. The fraction of sp³-hybridized carbons (Fsp3) is 0.600. The molecule has 0 radical (unpaired) electrons. The van der Waals surface area contributed by atoms with Crippen LogP contribution in [0.25, 0.3) is 10.9 Å². The molecule has 0 amide bonds. The van der Waals surface area contributed by atoms with Crippen LogP contribution >= 0.6 is 11.6 Å². The van der Waals surface area contributed by atoms with Gasteiger partial charge in [0.25, 0.3) is 0 Å². The molecule has 6 nitrogen and oxygen atoms in total. The van der Waals surface area contributed by atoms with Crippen molar-refractivity contribution in [1.82, 2.24) is 14.9 Å². The number of benzene rings is 1. The van der Waals surface area contributed by atoms with Crippen LogP contribution in [0.15, 0.2) is 18.5 Å². The van der Waals surface area contributed by atoms with Gasteiger partial charge in [-0.3, -0.25) is 0 Å². The van der Waals surface area contributed by atoms with Gasteiger partial charge in [0.15, 0.2) is 0 Å². The zero-order chi connectivity index (χ0) is 18.5. The van der Waals surface area contributed by atoms with Gasteiger partial charge in [-0.2, -0.15) is 0 Å². The predicted molar refractivity (Wildman–Crippen MR) is 105 cm³/mol. The summed E-state index contributed by atoms with van der Waals surface area (Å²) in [6.07, 6.45) is 6.97. The third-order valence-electron chi connectivity index (χ3n) is 5.18. The second-order valence-corrected chi connectivity index (χ2v) is 7.52. The van der Waals surface area contributed by atoms with Crippen molar-refractivity contribution in [3.63, 3.8) is 0 Å². The Hall–Kier alpha value is -1.63. The van der Waals surface area contributed by atoms with Crippen molar-refractivity contribution in [1.29, 1.82) is 0 Å². The molecule has 4 rings (SSSR count). The molecule has 1 aromatic heterocycles. The molecule has 0 unspecified atom stereocenters. The Morgan fingerprint density at radius 1 is 1.15 bits per heavy atom. The minimum atomic E-state index is 0.114. The van der Waals surface area contributed by atoms with Crippen molar-refractivity contribution in [3.8, 4) is 11.5 Å². The molecule has 2 saturated heterocycles. The summed E-state index contributed by atoms with van der Waals surface area (Å²) >= 11 is 6.33. The van der Waals surface area contributed by atoms with Gasteiger partial charge in [-0.05, 0) is 32.4 Å². The Kier molecular flexibility index (Phi) is 6.27. The maximum Gasteiger partial charge on any atom is 0.144 e. The van der Waals surface area contributed by atoms with E-state index in [9.17, 15) is 0 Å². The number of fused-ring (bicyclic) bond motifs is 1. The monoisotopic (exact) mass is 391 g/mol. The lowest BCUT2D eigenvalue weighted by molar-refractivity contribution is 0.0261. The Balaban J connectivity index is 1.46. The Bertz CT molecular complexity index is 761. The average molecular weight is 392 g/mol. The molecule has 2 aromatic rings. The van der Waals surface area contributed by atoms with Crippen LogP contribution in [0.4, 0.5) is 0 Å². The highest BCUT2D eigenvalue weighted by Crippen LogP contribution is 2.35. The number of halogens is 1. The predicted octanol–water partition coefficient (Wildman–Crippen LogP) is 3.71. The molecule has 2 fully saturated rings. The number of aromatic nitrogens is 2. The van der Waals surface area contributed by atoms with Crippen molar-refractivity contribution in [2.45, 2.75) is 38.2 Å². The molecule has 1 aromatic carbocycles. The highest BCUT2D eigenvalue weighted by Gasteiger charge is 2.19. The fourth-order valence-electron chi connectivity index (χ4n) is 3.73. The smallest absolute Gasteiger partial charge is 0.144 e. The fourth-order valence-corrected chi connectivity index (χ4v) is 3.96. The second kappa shape index (κ2) is 9.04. The van der Waals surface area contributed by atoms with Crippen LogP contribution in [0, 0.1) is 0 Å². The maximum atomic E-state index is 6.33. The minimum Gasteiger partial charge on any atom is -0.493 e. The third-order valence-corrected chi connectivity index (χ3v) is 5.46. The summed E-state index contributed by atoms with van der Waals surface area (Å²) in [6, 6.07) is 3.83. The van der Waals surface area contributed by atoms with E-state index in [2.05, 4.69) is 14.9 Å². The normalized spacial score (nSPS) is 18.9. The van der Waals surface area contributed by atoms with Crippen LogP contribution in [-0.2, 0) is 4.74 Å². The molecule has 2 aliphatic heterocycles. The molecular weight excluding hydrogens is 366 g/mol. The molecule has 146 valence electrons. The molecule has 0 N–H and O–H groups in total. The number of hydrogen-bond acceptors (Lipinski definition) is 6. The van der Waals surface area contributed by atoms with Gasteiger partial charge in [0.2, 0.25) is 0 Å². The molecule has 0 bridgehead atoms. The lowest BCUT2D eigenvalue weighted by Gasteiger charge is -2.24. The second-order valence-electron chi connectivity index (χ2n) is 7.16. The van der Waals surface area contributed by atoms with Crippen LogP contribution < -0.4 is 9.47 Å². The van der Waals surface area contributed by atoms with E-state index in [-0.39, 0.29) is 6.10 Å². The van der Waals surface area contributed by atoms with Crippen LogP contribution in [-0.4, -0.2) is 60.4 Å². The number of nitrogens with zero attached hydrogens (tertiary/aromatic N) is 3. The SMILES string of the molecule is Clc1ncnc2cc(OCCCN3CCCC3)cc(OC3CCOCC3)c12. The Labute approximate surface area is 164 Å². The van der Waals surface area contributed by atoms with Gasteiger partial charge in [0.05, 0.1) is 30.7 Å². The maximum absolute atomic E-state index is 6.33. The van der Waals surface area contributed by atoms with E-state index in [1.165, 1.54) is 32.3 Å². The molecule has 2 aliphatic rings. The number of rotatable bonds is 7. The van der Waals surface area contributed by atoms with Crippen molar-refractivity contribution in [2.75, 3.05) is 39.5 Å². The molecule has 7 heteroatoms. The minimum absolute atomic E-state index is 0.114. The van der Waals surface area contributed by atoms with Crippen LogP contribution in [0.2, 0.25) is 5.15 Å².